The molecular weight excluding hydrogens is 238 g/mol. The lowest BCUT2D eigenvalue weighted by molar-refractivity contribution is 0.0593. The molecule has 2 rings (SSSR count). The van der Waals surface area contributed by atoms with Gasteiger partial charge in [-0.05, 0) is 0 Å². The average molecular weight is 247 g/mol. The van der Waals surface area contributed by atoms with Crippen LogP contribution in [0.2, 0.25) is 0 Å². The molecule has 0 aliphatic heterocycles. The molecule has 0 atom stereocenters. The topological polar surface area (TPSA) is 113 Å². The molecule has 0 saturated heterocycles. The van der Waals surface area contributed by atoms with Crippen molar-refractivity contribution in [1.29, 1.82) is 0 Å². The number of amides is 1. The third-order valence-electron chi connectivity index (χ3n) is 2.13. The van der Waals surface area contributed by atoms with Gasteiger partial charge < -0.3 is 10.5 Å². The zero-order valence-corrected chi connectivity index (χ0v) is 9.40. The van der Waals surface area contributed by atoms with Crippen molar-refractivity contribution in [3.05, 3.63) is 36.0 Å². The molecule has 0 aliphatic carbocycles. The maximum absolute atomic E-state index is 11.1. The van der Waals surface area contributed by atoms with Gasteiger partial charge in [0.15, 0.2) is 11.5 Å². The fourth-order valence-corrected chi connectivity index (χ4v) is 1.22. The molecule has 92 valence electrons. The molecule has 0 radical (unpaired) electrons. The van der Waals surface area contributed by atoms with Crippen LogP contribution in [-0.4, -0.2) is 38.7 Å². The van der Waals surface area contributed by atoms with Gasteiger partial charge in [-0.1, -0.05) is 0 Å². The Labute approximate surface area is 101 Å². The van der Waals surface area contributed by atoms with Crippen LogP contribution in [0.4, 0.5) is 0 Å². The van der Waals surface area contributed by atoms with Crippen molar-refractivity contribution in [3.63, 3.8) is 0 Å². The SMILES string of the molecule is COC(=O)c1cnc(-n2cc(C(N)=O)cn2)cn1. The Morgan fingerprint density at radius 2 is 2.06 bits per heavy atom. The highest BCUT2D eigenvalue weighted by molar-refractivity contribution is 5.92. The first kappa shape index (κ1) is 11.7. The number of carbonyl (C=O) groups is 2. The molecule has 0 bridgehead atoms. The molecule has 2 aromatic rings. The lowest BCUT2D eigenvalue weighted by Gasteiger charge is -2.00. The van der Waals surface area contributed by atoms with E-state index in [4.69, 9.17) is 5.73 Å². The highest BCUT2D eigenvalue weighted by Gasteiger charge is 2.10. The lowest BCUT2D eigenvalue weighted by Crippen LogP contribution is -2.10. The maximum Gasteiger partial charge on any atom is 0.358 e. The minimum Gasteiger partial charge on any atom is -0.464 e. The Kier molecular flexibility index (Phi) is 3.00. The molecule has 0 saturated carbocycles. The fourth-order valence-electron chi connectivity index (χ4n) is 1.22. The van der Waals surface area contributed by atoms with Crippen molar-refractivity contribution in [2.75, 3.05) is 7.11 Å². The smallest absolute Gasteiger partial charge is 0.358 e. The molecule has 18 heavy (non-hydrogen) atoms. The number of hydrogen-bond donors (Lipinski definition) is 1. The predicted octanol–water partition coefficient (Wildman–Crippen LogP) is -0.452. The van der Waals surface area contributed by atoms with Gasteiger partial charge in [-0.3, -0.25) is 4.79 Å². The number of rotatable bonds is 3. The van der Waals surface area contributed by atoms with Crippen molar-refractivity contribution in [3.8, 4) is 5.82 Å². The standard InChI is InChI=1S/C10H9N5O3/c1-18-10(17)7-3-13-8(4-12-7)15-5-6(2-14-15)9(11)16/h2-5H,1H3,(H2,11,16). The quantitative estimate of drug-likeness (QED) is 0.735. The van der Waals surface area contributed by atoms with Crippen molar-refractivity contribution in [1.82, 2.24) is 19.7 Å². The van der Waals surface area contributed by atoms with Crippen LogP contribution < -0.4 is 5.73 Å². The second-order valence-corrected chi connectivity index (χ2v) is 3.29. The van der Waals surface area contributed by atoms with Crippen molar-refractivity contribution >= 4 is 11.9 Å². The van der Waals surface area contributed by atoms with Crippen molar-refractivity contribution < 1.29 is 14.3 Å². The largest absolute Gasteiger partial charge is 0.464 e. The van der Waals surface area contributed by atoms with Gasteiger partial charge in [-0.2, -0.15) is 5.10 Å². The monoisotopic (exact) mass is 247 g/mol. The molecule has 0 aliphatic rings. The Morgan fingerprint density at radius 3 is 2.56 bits per heavy atom. The van der Waals surface area contributed by atoms with Crippen LogP contribution in [0.25, 0.3) is 5.82 Å². The van der Waals surface area contributed by atoms with E-state index < -0.39 is 11.9 Å². The molecule has 8 heteroatoms. The number of carbonyl (C=O) groups excluding carboxylic acids is 2. The summed E-state index contributed by atoms with van der Waals surface area (Å²) in [7, 11) is 1.25. The Hall–Kier alpha value is -2.77. The van der Waals surface area contributed by atoms with Gasteiger partial charge in [0.1, 0.15) is 0 Å². The first-order valence-electron chi connectivity index (χ1n) is 4.87. The summed E-state index contributed by atoms with van der Waals surface area (Å²) < 4.78 is 5.82. The van der Waals surface area contributed by atoms with E-state index in [1.54, 1.807) is 0 Å². The molecule has 1 amide bonds. The lowest BCUT2D eigenvalue weighted by atomic mass is 10.3. The molecule has 0 unspecified atom stereocenters. The Morgan fingerprint density at radius 1 is 1.28 bits per heavy atom. The summed E-state index contributed by atoms with van der Waals surface area (Å²) in [5.74, 6) is -0.803. The molecule has 2 heterocycles. The van der Waals surface area contributed by atoms with Crippen LogP contribution in [0.3, 0.4) is 0 Å². The molecule has 0 fully saturated rings. The molecule has 0 aromatic carbocycles. The third-order valence-corrected chi connectivity index (χ3v) is 2.13. The van der Waals surface area contributed by atoms with E-state index in [1.807, 2.05) is 0 Å². The summed E-state index contributed by atoms with van der Waals surface area (Å²) in [6.45, 7) is 0. The summed E-state index contributed by atoms with van der Waals surface area (Å²) in [5, 5.41) is 3.90. The number of ether oxygens (including phenoxy) is 1. The van der Waals surface area contributed by atoms with E-state index in [0.29, 0.717) is 5.82 Å². The van der Waals surface area contributed by atoms with Gasteiger partial charge in [0.2, 0.25) is 0 Å². The second-order valence-electron chi connectivity index (χ2n) is 3.29. The van der Waals surface area contributed by atoms with Crippen LogP contribution in [0, 0.1) is 0 Å². The van der Waals surface area contributed by atoms with E-state index in [9.17, 15) is 9.59 Å². The van der Waals surface area contributed by atoms with Gasteiger partial charge in [0, 0.05) is 6.20 Å². The normalized spacial score (nSPS) is 10.1. The number of aromatic nitrogens is 4. The predicted molar refractivity (Wildman–Crippen MR) is 59.0 cm³/mol. The van der Waals surface area contributed by atoms with Crippen LogP contribution in [-0.2, 0) is 4.74 Å². The molecular formula is C10H9N5O3. The minimum atomic E-state index is -0.583. The van der Waals surface area contributed by atoms with Crippen molar-refractivity contribution in [2.24, 2.45) is 5.73 Å². The number of esters is 1. The minimum absolute atomic E-state index is 0.0866. The van der Waals surface area contributed by atoms with Crippen molar-refractivity contribution in [2.45, 2.75) is 0 Å². The summed E-state index contributed by atoms with van der Waals surface area (Å²) >= 11 is 0. The van der Waals surface area contributed by atoms with Crippen LogP contribution >= 0.6 is 0 Å². The second kappa shape index (κ2) is 4.62. The van der Waals surface area contributed by atoms with E-state index >= 15 is 0 Å². The highest BCUT2D eigenvalue weighted by atomic mass is 16.5. The Balaban J connectivity index is 2.28. The molecule has 0 spiro atoms. The maximum atomic E-state index is 11.1. The van der Waals surface area contributed by atoms with Gasteiger partial charge >= 0.3 is 5.97 Å². The molecule has 2 N–H and O–H groups in total. The van der Waals surface area contributed by atoms with E-state index in [1.165, 1.54) is 36.6 Å². The van der Waals surface area contributed by atoms with E-state index in [-0.39, 0.29) is 11.3 Å². The molecule has 2 aromatic heterocycles. The number of hydrogen-bond acceptors (Lipinski definition) is 6. The summed E-state index contributed by atoms with van der Waals surface area (Å²) in [6, 6.07) is 0. The van der Waals surface area contributed by atoms with E-state index in [0.717, 1.165) is 0 Å². The van der Waals surface area contributed by atoms with Gasteiger partial charge in [0.25, 0.3) is 5.91 Å². The third kappa shape index (κ3) is 2.17. The molecule has 8 nitrogen and oxygen atoms in total. The Bertz CT molecular complexity index is 590. The van der Waals surface area contributed by atoms with Gasteiger partial charge in [-0.15, -0.1) is 0 Å². The summed E-state index contributed by atoms with van der Waals surface area (Å²) in [6.07, 6.45) is 5.33. The number of primary amides is 1. The zero-order valence-electron chi connectivity index (χ0n) is 9.40. The zero-order chi connectivity index (χ0) is 13.1. The van der Waals surface area contributed by atoms with Crippen LogP contribution in [0.1, 0.15) is 20.8 Å². The average Bonchev–Trinajstić information content (AvgIpc) is 2.88. The van der Waals surface area contributed by atoms with Gasteiger partial charge in [0.05, 0.1) is 31.3 Å². The highest BCUT2D eigenvalue weighted by Crippen LogP contribution is 2.05. The van der Waals surface area contributed by atoms with Crippen LogP contribution in [0.5, 0.6) is 0 Å². The number of nitrogens with two attached hydrogens (primary N) is 1. The number of nitrogens with zero attached hydrogens (tertiary/aromatic N) is 4. The number of methoxy groups -OCH3 is 1. The van der Waals surface area contributed by atoms with Crippen LogP contribution in [0.15, 0.2) is 24.8 Å². The summed E-state index contributed by atoms with van der Waals surface area (Å²) in [5.41, 5.74) is 5.44. The first-order valence-corrected chi connectivity index (χ1v) is 4.87. The van der Waals surface area contributed by atoms with E-state index in [2.05, 4.69) is 19.8 Å². The first-order chi connectivity index (χ1) is 8.61. The summed E-state index contributed by atoms with van der Waals surface area (Å²) in [4.78, 5) is 29.9. The van der Waals surface area contributed by atoms with Gasteiger partial charge in [-0.25, -0.2) is 19.4 Å². The fraction of sp³-hybridized carbons (Fsp3) is 0.100.